The predicted octanol–water partition coefficient (Wildman–Crippen LogP) is -12.4. The molecule has 0 fully saturated rings. The minimum atomic E-state index is -2.44. The summed E-state index contributed by atoms with van der Waals surface area (Å²) in [4.78, 5) is 19.3. The first-order valence-corrected chi connectivity index (χ1v) is 4.48. The van der Waals surface area contributed by atoms with Crippen LogP contribution in [0.15, 0.2) is 0 Å². The van der Waals surface area contributed by atoms with E-state index < -0.39 is 24.1 Å². The largest absolute Gasteiger partial charge is 0.547 e. The first-order valence-electron chi connectivity index (χ1n) is 4.48. The van der Waals surface area contributed by atoms with Gasteiger partial charge in [-0.1, -0.05) is 0 Å². The maximum Gasteiger partial charge on any atom is 0.360 e. The van der Waals surface area contributed by atoms with Crippen LogP contribution in [0, 0.1) is 0 Å². The van der Waals surface area contributed by atoms with Gasteiger partial charge in [-0.25, -0.2) is 0 Å². The van der Waals surface area contributed by atoms with Crippen LogP contribution < -0.4 is 55.0 Å². The quantitative estimate of drug-likeness (QED) is 0.100. The van der Waals surface area contributed by atoms with E-state index in [0.717, 1.165) is 0 Å². The van der Waals surface area contributed by atoms with Gasteiger partial charge in [0.05, 0.1) is 11.9 Å². The topological polar surface area (TPSA) is 305 Å². The number of carboxylic acid groups (broad SMARTS) is 2. The lowest BCUT2D eigenvalue weighted by Gasteiger charge is -2.18. The van der Waals surface area contributed by atoms with Crippen molar-refractivity contribution >= 4 is 23.9 Å². The van der Waals surface area contributed by atoms with Gasteiger partial charge in [0.15, 0.2) is 0 Å². The normalized spacial score (nSPS) is 11.1. The van der Waals surface area contributed by atoms with Crippen LogP contribution in [-0.2, 0) is 9.59 Å². The summed E-state index contributed by atoms with van der Waals surface area (Å²) in [6.07, 6.45) is -4.88. The van der Waals surface area contributed by atoms with E-state index in [1.54, 1.807) is 0 Å². The van der Waals surface area contributed by atoms with E-state index in [1.807, 2.05) is 10.2 Å². The van der Waals surface area contributed by atoms with Gasteiger partial charge in [-0.05, 0) is 0 Å². The Kier molecular flexibility index (Phi) is 13.8. The van der Waals surface area contributed by atoms with E-state index in [4.69, 9.17) is 33.1 Å². The Morgan fingerprint density at radius 2 is 0.950 bits per heavy atom. The molecule has 0 aliphatic heterocycles. The van der Waals surface area contributed by atoms with Gasteiger partial charge < -0.3 is 30.0 Å². The Bertz CT molecular complexity index is 315. The molecule has 0 heterocycles. The smallest absolute Gasteiger partial charge is 0.360 e. The number of hydrogen-bond acceptors (Lipinski definition) is 8. The van der Waals surface area contributed by atoms with Crippen molar-refractivity contribution in [3.05, 3.63) is 0 Å². The van der Waals surface area contributed by atoms with E-state index in [0.29, 0.717) is 0 Å². The van der Waals surface area contributed by atoms with Crippen molar-refractivity contribution in [1.29, 1.82) is 0 Å². The minimum absolute atomic E-state index is 0.0324. The van der Waals surface area contributed by atoms with Crippen LogP contribution >= 0.6 is 0 Å². The Morgan fingerprint density at radius 1 is 0.800 bits per heavy atom. The summed E-state index contributed by atoms with van der Waals surface area (Å²) in [5, 5.41) is 39.7. The number of rotatable bonds is 3. The molecule has 0 aromatic heterocycles. The molecule has 0 saturated heterocycles. The highest BCUT2D eigenvalue weighted by Crippen LogP contribution is 1.88. The van der Waals surface area contributed by atoms with E-state index in [1.165, 1.54) is 0 Å². The number of aliphatic hydroxyl groups excluding tert-OH is 2. The lowest BCUT2D eigenvalue weighted by molar-refractivity contribution is -0.471. The van der Waals surface area contributed by atoms with E-state index in [9.17, 15) is 19.8 Å². The number of guanidine groups is 2. The van der Waals surface area contributed by atoms with Gasteiger partial charge in [-0.3, -0.25) is 34.6 Å². The third-order valence-corrected chi connectivity index (χ3v) is 1.12. The van der Waals surface area contributed by atoms with Crippen molar-refractivity contribution in [2.24, 2.45) is 34.6 Å². The Labute approximate surface area is 112 Å². The summed E-state index contributed by atoms with van der Waals surface area (Å²) in [6.45, 7) is 0. The van der Waals surface area contributed by atoms with Crippen LogP contribution in [0.3, 0.4) is 0 Å². The van der Waals surface area contributed by atoms with Gasteiger partial charge in [0.1, 0.15) is 12.2 Å². The molecule has 0 radical (unpaired) electrons. The maximum atomic E-state index is 9.63. The highest BCUT2D eigenvalue weighted by atomic mass is 16.4. The van der Waals surface area contributed by atoms with Crippen molar-refractivity contribution in [2.45, 2.75) is 12.2 Å². The second kappa shape index (κ2) is 12.5. The van der Waals surface area contributed by atoms with Crippen molar-refractivity contribution < 1.29 is 40.2 Å². The van der Waals surface area contributed by atoms with Crippen molar-refractivity contribution in [3.8, 4) is 0 Å². The fourth-order valence-corrected chi connectivity index (χ4v) is 0.258. The molecule has 0 spiro atoms. The first-order chi connectivity index (χ1) is 9.00. The molecule has 0 aliphatic rings. The molecule has 0 aliphatic carbocycles. The van der Waals surface area contributed by atoms with Gasteiger partial charge in [0.2, 0.25) is 0 Å². The lowest BCUT2D eigenvalue weighted by Crippen LogP contribution is -2.84. The van der Waals surface area contributed by atoms with Crippen molar-refractivity contribution in [3.63, 3.8) is 0 Å². The zero-order valence-electron chi connectivity index (χ0n) is 10.1. The number of hydrazine groups is 2. The molecule has 0 saturated carbocycles. The number of carboxylic acids is 2. The monoisotopic (exact) mass is 298 g/mol. The molecule has 16 N–H and O–H groups in total. The van der Waals surface area contributed by atoms with Crippen LogP contribution in [0.25, 0.3) is 0 Å². The standard InChI is InChI=1S/C4H6O6.2CH6N4/c5-1(3(7)8)2(6)4(9)10;2*2-1(3)5-4/h1-2,5-6H,(H,7,8)(H,9,10);2*4H2,(H4,2,3,5)/t1-,2-;;/m1../s1. The average Bonchev–Trinajstić information content (AvgIpc) is 2.37. The average molecular weight is 298 g/mol. The summed E-state index contributed by atoms with van der Waals surface area (Å²) >= 11 is 0. The molecule has 0 unspecified atom stereocenters. The number of nitrogens with one attached hydrogen (secondary N) is 2. The molecule has 0 aromatic carbocycles. The molecule has 14 nitrogen and oxygen atoms in total. The number of aliphatic hydroxyl groups is 2. The molecule has 0 amide bonds. The van der Waals surface area contributed by atoms with Gasteiger partial charge >= 0.3 is 11.9 Å². The summed E-state index contributed by atoms with van der Waals surface area (Å²) in [7, 11) is 0. The third-order valence-electron chi connectivity index (χ3n) is 1.12. The summed E-state index contributed by atoms with van der Waals surface area (Å²) in [5.41, 5.74) is 19.0. The van der Waals surface area contributed by atoms with Crippen molar-refractivity contribution in [1.82, 2.24) is 0 Å². The summed E-state index contributed by atoms with van der Waals surface area (Å²) < 4.78 is 0. The first kappa shape index (κ1) is 22.2. The van der Waals surface area contributed by atoms with E-state index in [2.05, 4.69) is 11.7 Å². The molecular formula is C6H18N8O6. The molecule has 20 heavy (non-hydrogen) atoms. The highest BCUT2D eigenvalue weighted by Gasteiger charge is 2.17. The Balaban J connectivity index is -0.000000244. The second-order valence-electron chi connectivity index (χ2n) is 2.73. The second-order valence-corrected chi connectivity index (χ2v) is 2.73. The third kappa shape index (κ3) is 17.4. The molecule has 0 rings (SSSR count). The van der Waals surface area contributed by atoms with Crippen molar-refractivity contribution in [2.75, 3.05) is 0 Å². The SMILES string of the molecule is N[NH+]=C(N)N.N[NH+]=C(N)N.O=C([O-])[C@H](O)[C@@H](O)C(=O)[O-]. The molecule has 118 valence electrons. The molecular weight excluding hydrogens is 280 g/mol. The van der Waals surface area contributed by atoms with E-state index in [-0.39, 0.29) is 11.9 Å². The van der Waals surface area contributed by atoms with Gasteiger partial charge in [-0.15, -0.1) is 0 Å². The predicted molar refractivity (Wildman–Crippen MR) is 59.1 cm³/mol. The number of hydrogen-bond donors (Lipinski definition) is 10. The molecule has 0 aromatic rings. The van der Waals surface area contributed by atoms with Gasteiger partial charge in [0, 0.05) is 0 Å². The van der Waals surface area contributed by atoms with Gasteiger partial charge in [-0.2, -0.15) is 10.2 Å². The fourth-order valence-electron chi connectivity index (χ4n) is 0.258. The minimum Gasteiger partial charge on any atom is -0.547 e. The summed E-state index contributed by atoms with van der Waals surface area (Å²) in [5.74, 6) is 5.22. The van der Waals surface area contributed by atoms with Crippen LogP contribution in [0.4, 0.5) is 0 Å². The number of hydrazone groups is 2. The number of carbonyl (C=O) groups is 2. The molecule has 0 bridgehead atoms. The van der Waals surface area contributed by atoms with Crippen LogP contribution in [0.5, 0.6) is 0 Å². The Morgan fingerprint density at radius 3 is 1.00 bits per heavy atom. The summed E-state index contributed by atoms with van der Waals surface area (Å²) in [6, 6.07) is 0. The number of aliphatic carboxylic acids is 2. The lowest BCUT2D eigenvalue weighted by atomic mass is 10.2. The molecule has 2 atom stereocenters. The number of carbonyl (C=O) groups excluding carboxylic acids is 2. The van der Waals surface area contributed by atoms with E-state index >= 15 is 0 Å². The maximum absolute atomic E-state index is 9.63. The highest BCUT2D eigenvalue weighted by molar-refractivity contribution is 5.80. The van der Waals surface area contributed by atoms with Crippen LogP contribution in [0.1, 0.15) is 0 Å². The number of nitrogens with two attached hydrogens (primary N) is 6. The zero-order valence-corrected chi connectivity index (χ0v) is 10.1. The Hall–Kier alpha value is -3.00. The van der Waals surface area contributed by atoms with Crippen LogP contribution in [0.2, 0.25) is 0 Å². The zero-order chi connectivity index (χ0) is 16.9. The van der Waals surface area contributed by atoms with Crippen LogP contribution in [-0.4, -0.2) is 46.3 Å². The van der Waals surface area contributed by atoms with Gasteiger partial charge in [0.25, 0.3) is 0 Å². The fraction of sp³-hybridized carbons (Fsp3) is 0.333. The molecule has 14 heteroatoms.